The van der Waals surface area contributed by atoms with Crippen LogP contribution in [-0.2, 0) is 9.53 Å². The molecule has 2 fully saturated rings. The highest BCUT2D eigenvalue weighted by atomic mass is 35.5. The Balaban J connectivity index is 1.91. The van der Waals surface area contributed by atoms with E-state index >= 15 is 0 Å². The van der Waals surface area contributed by atoms with Crippen LogP contribution >= 0.6 is 23.2 Å². The topological polar surface area (TPSA) is 54.5 Å². The summed E-state index contributed by atoms with van der Waals surface area (Å²) in [5.41, 5.74) is 0. The summed E-state index contributed by atoms with van der Waals surface area (Å²) in [5, 5.41) is 3.97. The zero-order valence-corrected chi connectivity index (χ0v) is 11.6. The van der Waals surface area contributed by atoms with Gasteiger partial charge in [0.1, 0.15) is 5.82 Å². The van der Waals surface area contributed by atoms with Gasteiger partial charge in [0, 0.05) is 19.3 Å². The molecule has 2 saturated heterocycles. The summed E-state index contributed by atoms with van der Waals surface area (Å²) in [5.74, 6) is 0.510. The Bertz CT molecular complexity index is 512. The van der Waals surface area contributed by atoms with E-state index in [1.165, 1.54) is 0 Å². The number of pyridine rings is 1. The van der Waals surface area contributed by atoms with Crippen LogP contribution in [0.4, 0.5) is 5.82 Å². The molecule has 0 radical (unpaired) electrons. The molecule has 0 aliphatic carbocycles. The van der Waals surface area contributed by atoms with E-state index < -0.39 is 0 Å². The van der Waals surface area contributed by atoms with E-state index in [2.05, 4.69) is 10.3 Å². The van der Waals surface area contributed by atoms with Crippen molar-refractivity contribution in [2.24, 2.45) is 5.92 Å². The lowest BCUT2D eigenvalue weighted by Gasteiger charge is -2.29. The number of ether oxygens (including phenoxy) is 1. The summed E-state index contributed by atoms with van der Waals surface area (Å²) in [6.07, 6.45) is 1.56. The molecule has 0 aromatic carbocycles. The van der Waals surface area contributed by atoms with Gasteiger partial charge < -0.3 is 15.0 Å². The second-order valence-electron chi connectivity index (χ2n) is 4.80. The van der Waals surface area contributed by atoms with E-state index in [1.807, 2.05) is 4.90 Å². The fourth-order valence-electron chi connectivity index (χ4n) is 2.44. The number of hydrogen-bond acceptors (Lipinski definition) is 4. The molecule has 7 heteroatoms. The minimum absolute atomic E-state index is 0.0338. The highest BCUT2D eigenvalue weighted by Crippen LogP contribution is 2.28. The van der Waals surface area contributed by atoms with Crippen LogP contribution in [0.5, 0.6) is 0 Å². The summed E-state index contributed by atoms with van der Waals surface area (Å²) >= 11 is 12.0. The highest BCUT2D eigenvalue weighted by Gasteiger charge is 2.34. The van der Waals surface area contributed by atoms with Crippen molar-refractivity contribution in [3.8, 4) is 0 Å². The lowest BCUT2D eigenvalue weighted by Crippen LogP contribution is -2.42. The molecule has 1 aromatic heterocycles. The van der Waals surface area contributed by atoms with Gasteiger partial charge in [-0.15, -0.1) is 0 Å². The molecule has 2 aliphatic rings. The molecule has 2 bridgehead atoms. The SMILES string of the molecule is O=C1N[C@@H]2COC[C@H]1CN(c1ncc(Cl)cc1Cl)C2. The minimum atomic E-state index is -0.193. The monoisotopic (exact) mass is 301 g/mol. The number of aromatic nitrogens is 1. The second kappa shape index (κ2) is 5.15. The Morgan fingerprint density at radius 3 is 3.00 bits per heavy atom. The number of carbonyl (C=O) groups is 1. The summed E-state index contributed by atoms with van der Waals surface area (Å²) in [6.45, 7) is 2.14. The van der Waals surface area contributed by atoms with E-state index in [0.29, 0.717) is 42.2 Å². The normalized spacial score (nSPS) is 26.8. The van der Waals surface area contributed by atoms with Crippen molar-refractivity contribution in [2.45, 2.75) is 6.04 Å². The molecular weight excluding hydrogens is 289 g/mol. The van der Waals surface area contributed by atoms with Crippen LogP contribution in [0, 0.1) is 5.92 Å². The average molecular weight is 302 g/mol. The van der Waals surface area contributed by atoms with Gasteiger partial charge in [0.2, 0.25) is 5.91 Å². The molecule has 1 amide bonds. The van der Waals surface area contributed by atoms with Crippen LogP contribution in [0.1, 0.15) is 0 Å². The Morgan fingerprint density at radius 1 is 1.37 bits per heavy atom. The van der Waals surface area contributed by atoms with Crippen molar-refractivity contribution in [3.05, 3.63) is 22.3 Å². The van der Waals surface area contributed by atoms with Crippen LogP contribution in [-0.4, -0.2) is 43.2 Å². The average Bonchev–Trinajstić information content (AvgIpc) is 2.57. The molecule has 3 rings (SSSR count). The quantitative estimate of drug-likeness (QED) is 0.850. The van der Waals surface area contributed by atoms with Crippen LogP contribution in [0.15, 0.2) is 12.3 Å². The third-order valence-electron chi connectivity index (χ3n) is 3.32. The first kappa shape index (κ1) is 13.0. The van der Waals surface area contributed by atoms with Gasteiger partial charge in [-0.1, -0.05) is 23.2 Å². The van der Waals surface area contributed by atoms with Gasteiger partial charge >= 0.3 is 0 Å². The number of fused-ring (bicyclic) bond motifs is 3. The first-order chi connectivity index (χ1) is 9.13. The fourth-order valence-corrected chi connectivity index (χ4v) is 2.94. The molecule has 5 nitrogen and oxygen atoms in total. The van der Waals surface area contributed by atoms with Gasteiger partial charge in [-0.2, -0.15) is 0 Å². The van der Waals surface area contributed by atoms with Crippen molar-refractivity contribution in [3.63, 3.8) is 0 Å². The Labute approximate surface area is 120 Å². The number of nitrogens with one attached hydrogen (secondary N) is 1. The van der Waals surface area contributed by atoms with Crippen molar-refractivity contribution in [2.75, 3.05) is 31.2 Å². The molecule has 0 saturated carbocycles. The number of anilines is 1. The van der Waals surface area contributed by atoms with Gasteiger partial charge in [0.05, 0.1) is 35.2 Å². The highest BCUT2D eigenvalue weighted by molar-refractivity contribution is 6.36. The van der Waals surface area contributed by atoms with Crippen LogP contribution in [0.2, 0.25) is 10.0 Å². The molecule has 2 atom stereocenters. The molecule has 1 N–H and O–H groups in total. The minimum Gasteiger partial charge on any atom is -0.378 e. The zero-order chi connectivity index (χ0) is 13.4. The molecule has 0 spiro atoms. The molecular formula is C12H13Cl2N3O2. The van der Waals surface area contributed by atoms with Crippen molar-refractivity contribution < 1.29 is 9.53 Å². The largest absolute Gasteiger partial charge is 0.378 e. The molecule has 3 heterocycles. The van der Waals surface area contributed by atoms with Crippen LogP contribution < -0.4 is 10.2 Å². The van der Waals surface area contributed by atoms with E-state index in [0.717, 1.165) is 0 Å². The fraction of sp³-hybridized carbons (Fsp3) is 0.500. The molecule has 1 aromatic rings. The third kappa shape index (κ3) is 2.63. The zero-order valence-electron chi connectivity index (χ0n) is 10.1. The maximum atomic E-state index is 11.9. The van der Waals surface area contributed by atoms with Crippen LogP contribution in [0.3, 0.4) is 0 Å². The summed E-state index contributed by atoms with van der Waals surface area (Å²) in [7, 11) is 0. The number of carbonyl (C=O) groups excluding carboxylic acids is 1. The van der Waals surface area contributed by atoms with Gasteiger partial charge in [0.15, 0.2) is 0 Å². The van der Waals surface area contributed by atoms with E-state index in [4.69, 9.17) is 27.9 Å². The summed E-state index contributed by atoms with van der Waals surface area (Å²) in [4.78, 5) is 18.2. The number of halogens is 2. The standard InChI is InChI=1S/C12H13Cl2N3O2/c13-8-1-10(14)11(15-2-8)17-3-7-5-19-6-9(4-17)16-12(7)18/h1-2,7,9H,3-6H2,(H,16,18)/t7-,9+/m1/s1. The van der Waals surface area contributed by atoms with E-state index in [-0.39, 0.29) is 17.9 Å². The van der Waals surface area contributed by atoms with E-state index in [9.17, 15) is 4.79 Å². The molecule has 19 heavy (non-hydrogen) atoms. The number of nitrogens with zero attached hydrogens (tertiary/aromatic N) is 2. The van der Waals surface area contributed by atoms with Gasteiger partial charge in [-0.3, -0.25) is 4.79 Å². The van der Waals surface area contributed by atoms with Gasteiger partial charge in [-0.25, -0.2) is 4.98 Å². The maximum absolute atomic E-state index is 11.9. The molecule has 102 valence electrons. The molecule has 0 unspecified atom stereocenters. The van der Waals surface area contributed by atoms with Crippen molar-refractivity contribution >= 4 is 34.9 Å². The summed E-state index contributed by atoms with van der Waals surface area (Å²) in [6, 6.07) is 1.63. The van der Waals surface area contributed by atoms with Gasteiger partial charge in [-0.05, 0) is 6.07 Å². The maximum Gasteiger partial charge on any atom is 0.227 e. The second-order valence-corrected chi connectivity index (χ2v) is 5.65. The lowest BCUT2D eigenvalue weighted by molar-refractivity contribution is -0.124. The number of amides is 1. The van der Waals surface area contributed by atoms with Crippen molar-refractivity contribution in [1.82, 2.24) is 10.3 Å². The third-order valence-corrected chi connectivity index (χ3v) is 3.81. The first-order valence-corrected chi connectivity index (χ1v) is 6.83. The Hall–Kier alpha value is -1.04. The predicted octanol–water partition coefficient (Wildman–Crippen LogP) is 1.34. The number of rotatable bonds is 1. The Kier molecular flexibility index (Phi) is 3.52. The lowest BCUT2D eigenvalue weighted by atomic mass is 10.1. The van der Waals surface area contributed by atoms with Crippen molar-refractivity contribution in [1.29, 1.82) is 0 Å². The van der Waals surface area contributed by atoms with E-state index in [1.54, 1.807) is 12.3 Å². The molecule has 2 aliphatic heterocycles. The van der Waals surface area contributed by atoms with Gasteiger partial charge in [0.25, 0.3) is 0 Å². The van der Waals surface area contributed by atoms with Crippen LogP contribution in [0.25, 0.3) is 0 Å². The Morgan fingerprint density at radius 2 is 2.21 bits per heavy atom. The first-order valence-electron chi connectivity index (χ1n) is 6.07. The smallest absolute Gasteiger partial charge is 0.227 e. The number of hydrogen-bond donors (Lipinski definition) is 1. The summed E-state index contributed by atoms with van der Waals surface area (Å²) < 4.78 is 5.48. The predicted molar refractivity (Wildman–Crippen MR) is 72.7 cm³/mol.